The predicted molar refractivity (Wildman–Crippen MR) is 87.8 cm³/mol. The van der Waals surface area contributed by atoms with Crippen LogP contribution in [0.5, 0.6) is 0 Å². The smallest absolute Gasteiger partial charge is 0.214 e. The minimum atomic E-state index is 0.353. The highest BCUT2D eigenvalue weighted by atomic mass is 16.3. The fourth-order valence-corrected chi connectivity index (χ4v) is 1.99. The number of nitrogens with zero attached hydrogens (tertiary/aromatic N) is 3. The summed E-state index contributed by atoms with van der Waals surface area (Å²) in [7, 11) is 0. The molecule has 0 aliphatic carbocycles. The monoisotopic (exact) mass is 303 g/mol. The van der Waals surface area contributed by atoms with E-state index >= 15 is 0 Å². The lowest BCUT2D eigenvalue weighted by atomic mass is 10.2. The summed E-state index contributed by atoms with van der Waals surface area (Å²) < 4.78 is 5.24. The third-order valence-corrected chi connectivity index (χ3v) is 3.04. The van der Waals surface area contributed by atoms with Gasteiger partial charge in [-0.1, -0.05) is 18.2 Å². The van der Waals surface area contributed by atoms with Crippen LogP contribution in [0.2, 0.25) is 0 Å². The molecule has 0 aliphatic heterocycles. The molecule has 0 spiro atoms. The number of guanidine groups is 1. The second-order valence-electron chi connectivity index (χ2n) is 4.60. The van der Waals surface area contributed by atoms with E-state index in [-0.39, 0.29) is 0 Å². The van der Waals surface area contributed by atoms with Gasteiger partial charge in [0, 0.05) is 11.3 Å². The Morgan fingerprint density at radius 3 is 2.52 bits per heavy atom. The Morgan fingerprint density at radius 1 is 1.09 bits per heavy atom. The number of anilines is 1. The molecule has 6 nitrogen and oxygen atoms in total. The lowest BCUT2D eigenvalue weighted by molar-refractivity contribution is 0.572. The molecule has 2 aromatic carbocycles. The summed E-state index contributed by atoms with van der Waals surface area (Å²) in [6.45, 7) is 0. The van der Waals surface area contributed by atoms with Gasteiger partial charge in [0.2, 0.25) is 5.96 Å². The van der Waals surface area contributed by atoms with Gasteiger partial charge in [-0.2, -0.15) is 5.26 Å². The molecule has 1 heterocycles. The molecular weight excluding hydrogens is 290 g/mol. The second-order valence-corrected chi connectivity index (χ2v) is 4.60. The average Bonchev–Trinajstić information content (AvgIpc) is 3.11. The van der Waals surface area contributed by atoms with Gasteiger partial charge in [0.1, 0.15) is 0 Å². The van der Waals surface area contributed by atoms with Crippen molar-refractivity contribution in [3.05, 3.63) is 67.2 Å². The van der Waals surface area contributed by atoms with Crippen LogP contribution in [0, 0.1) is 11.5 Å². The third kappa shape index (κ3) is 3.74. The van der Waals surface area contributed by atoms with E-state index in [1.54, 1.807) is 6.20 Å². The van der Waals surface area contributed by atoms with Gasteiger partial charge in [-0.15, -0.1) is 0 Å². The van der Waals surface area contributed by atoms with E-state index in [4.69, 9.17) is 9.68 Å². The summed E-state index contributed by atoms with van der Waals surface area (Å²) in [4.78, 5) is 8.28. The number of aromatic nitrogens is 1. The predicted octanol–water partition coefficient (Wildman–Crippen LogP) is 3.51. The van der Waals surface area contributed by atoms with Gasteiger partial charge < -0.3 is 9.73 Å². The van der Waals surface area contributed by atoms with Crippen LogP contribution < -0.4 is 10.6 Å². The van der Waals surface area contributed by atoms with Crippen LogP contribution in [0.25, 0.3) is 11.3 Å². The Morgan fingerprint density at radius 2 is 1.87 bits per heavy atom. The molecule has 0 amide bonds. The van der Waals surface area contributed by atoms with Crippen molar-refractivity contribution >= 4 is 17.3 Å². The molecule has 0 bridgehead atoms. The van der Waals surface area contributed by atoms with Crippen LogP contribution in [-0.4, -0.2) is 10.9 Å². The Kier molecular flexibility index (Phi) is 4.31. The molecule has 0 saturated carbocycles. The highest BCUT2D eigenvalue weighted by Crippen LogP contribution is 2.22. The van der Waals surface area contributed by atoms with Crippen molar-refractivity contribution < 1.29 is 4.42 Å². The van der Waals surface area contributed by atoms with Crippen LogP contribution in [0.15, 0.2) is 76.6 Å². The van der Waals surface area contributed by atoms with Gasteiger partial charge in [-0.25, -0.2) is 9.98 Å². The highest BCUT2D eigenvalue weighted by molar-refractivity contribution is 5.96. The van der Waals surface area contributed by atoms with Crippen molar-refractivity contribution in [3.8, 4) is 17.5 Å². The van der Waals surface area contributed by atoms with E-state index in [1.165, 1.54) is 6.39 Å². The number of hydrogen-bond acceptors (Lipinski definition) is 4. The first-order valence-corrected chi connectivity index (χ1v) is 6.90. The van der Waals surface area contributed by atoms with Crippen molar-refractivity contribution in [1.82, 2.24) is 10.3 Å². The van der Waals surface area contributed by atoms with Crippen molar-refractivity contribution in [3.63, 3.8) is 0 Å². The molecule has 6 heteroatoms. The molecule has 0 aliphatic rings. The molecule has 23 heavy (non-hydrogen) atoms. The Labute approximate surface area is 133 Å². The quantitative estimate of drug-likeness (QED) is 0.335. The fourth-order valence-electron chi connectivity index (χ4n) is 1.99. The van der Waals surface area contributed by atoms with E-state index in [9.17, 15) is 0 Å². The minimum absolute atomic E-state index is 0.353. The lowest BCUT2D eigenvalue weighted by Crippen LogP contribution is -2.26. The van der Waals surface area contributed by atoms with Gasteiger partial charge in [0.15, 0.2) is 18.3 Å². The average molecular weight is 303 g/mol. The second kappa shape index (κ2) is 6.91. The molecule has 112 valence electrons. The molecule has 0 fully saturated rings. The Bertz CT molecular complexity index is 818. The van der Waals surface area contributed by atoms with E-state index in [0.717, 1.165) is 11.3 Å². The summed E-state index contributed by atoms with van der Waals surface area (Å²) in [5.74, 6) is 1.05. The number of hydrogen-bond donors (Lipinski definition) is 2. The summed E-state index contributed by atoms with van der Waals surface area (Å²) in [6, 6.07) is 16.9. The van der Waals surface area contributed by atoms with Crippen molar-refractivity contribution in [2.75, 3.05) is 5.32 Å². The first-order valence-electron chi connectivity index (χ1n) is 6.90. The number of benzene rings is 2. The van der Waals surface area contributed by atoms with Crippen LogP contribution in [0.1, 0.15) is 0 Å². The normalized spacial score (nSPS) is 10.8. The van der Waals surface area contributed by atoms with Gasteiger partial charge in [0.05, 0.1) is 11.9 Å². The third-order valence-electron chi connectivity index (χ3n) is 3.04. The molecular formula is C17H13N5O. The molecule has 3 rings (SSSR count). The zero-order valence-electron chi connectivity index (χ0n) is 12.1. The van der Waals surface area contributed by atoms with E-state index in [1.807, 2.05) is 60.8 Å². The number of nitrogens with one attached hydrogen (secondary N) is 2. The summed E-state index contributed by atoms with van der Waals surface area (Å²) in [5, 5.41) is 14.5. The van der Waals surface area contributed by atoms with Gasteiger partial charge >= 0.3 is 0 Å². The van der Waals surface area contributed by atoms with E-state index in [2.05, 4.69) is 20.6 Å². The molecule has 0 atom stereocenters. The van der Waals surface area contributed by atoms with Crippen molar-refractivity contribution in [2.24, 2.45) is 4.99 Å². The standard InChI is InChI=1S/C17H13N5O/c18-11-20-17(21-14-4-2-1-3-5-14)22-15-8-6-13(7-9-15)16-10-19-12-23-16/h1-10,12H,(H2,20,21,22). The number of oxazole rings is 1. The summed E-state index contributed by atoms with van der Waals surface area (Å²) in [5.41, 5.74) is 2.45. The van der Waals surface area contributed by atoms with Crippen LogP contribution in [0.3, 0.4) is 0 Å². The summed E-state index contributed by atoms with van der Waals surface area (Å²) in [6.07, 6.45) is 4.92. The first-order chi connectivity index (χ1) is 11.3. The Balaban J connectivity index is 1.80. The molecule has 0 unspecified atom stereocenters. The van der Waals surface area contributed by atoms with Crippen molar-refractivity contribution in [1.29, 1.82) is 5.26 Å². The van der Waals surface area contributed by atoms with Crippen LogP contribution in [-0.2, 0) is 0 Å². The maximum atomic E-state index is 8.86. The topological polar surface area (TPSA) is 86.2 Å². The van der Waals surface area contributed by atoms with Gasteiger partial charge in [-0.3, -0.25) is 5.32 Å². The SMILES string of the molecule is N#CNC(=Nc1ccc(-c2cnco2)cc1)Nc1ccccc1. The fraction of sp³-hybridized carbons (Fsp3) is 0. The minimum Gasteiger partial charge on any atom is -0.444 e. The van der Waals surface area contributed by atoms with Gasteiger partial charge in [-0.05, 0) is 36.4 Å². The molecule has 3 aromatic rings. The highest BCUT2D eigenvalue weighted by Gasteiger charge is 2.03. The number of nitriles is 1. The first kappa shape index (κ1) is 14.4. The molecule has 0 saturated heterocycles. The maximum absolute atomic E-state index is 8.86. The lowest BCUT2D eigenvalue weighted by Gasteiger charge is -2.07. The van der Waals surface area contributed by atoms with Crippen LogP contribution >= 0.6 is 0 Å². The maximum Gasteiger partial charge on any atom is 0.214 e. The van der Waals surface area contributed by atoms with Gasteiger partial charge in [0.25, 0.3) is 0 Å². The zero-order chi connectivity index (χ0) is 15.9. The summed E-state index contributed by atoms with van der Waals surface area (Å²) >= 11 is 0. The van der Waals surface area contributed by atoms with E-state index < -0.39 is 0 Å². The Hall–Kier alpha value is -3.59. The van der Waals surface area contributed by atoms with Crippen LogP contribution in [0.4, 0.5) is 11.4 Å². The van der Waals surface area contributed by atoms with E-state index in [0.29, 0.717) is 17.4 Å². The van der Waals surface area contributed by atoms with Crippen molar-refractivity contribution in [2.45, 2.75) is 0 Å². The molecule has 0 radical (unpaired) electrons. The zero-order valence-corrected chi connectivity index (χ0v) is 12.1. The number of para-hydroxylation sites is 1. The molecule has 1 aromatic heterocycles. The largest absolute Gasteiger partial charge is 0.444 e. The number of aliphatic imine (C=N–C) groups is 1. The number of rotatable bonds is 3. The molecule has 2 N–H and O–H groups in total.